The van der Waals surface area contributed by atoms with E-state index in [0.29, 0.717) is 11.4 Å². The van der Waals surface area contributed by atoms with E-state index in [1.807, 2.05) is 6.20 Å². The third-order valence-electron chi connectivity index (χ3n) is 4.07. The molecular weight excluding hydrogens is 304 g/mol. The number of nitrogens with zero attached hydrogens (tertiary/aromatic N) is 2. The molecule has 0 bridgehead atoms. The lowest BCUT2D eigenvalue weighted by Gasteiger charge is -2.41. The average molecular weight is 327 g/mol. The highest BCUT2D eigenvalue weighted by Gasteiger charge is 2.34. The van der Waals surface area contributed by atoms with Gasteiger partial charge in [0.25, 0.3) is 0 Å². The maximum Gasteiger partial charge on any atom is 0.224 e. The van der Waals surface area contributed by atoms with Crippen LogP contribution in [0.15, 0.2) is 10.7 Å². The van der Waals surface area contributed by atoms with Crippen molar-refractivity contribution < 1.29 is 0 Å². The highest BCUT2D eigenvalue weighted by atomic mass is 79.9. The first-order valence-corrected chi connectivity index (χ1v) is 7.99. The zero-order valence-electron chi connectivity index (χ0n) is 11.8. The predicted molar refractivity (Wildman–Crippen MR) is 83.6 cm³/mol. The normalized spacial score (nSPS) is 16.8. The molecule has 1 aromatic heterocycles. The zero-order valence-corrected chi connectivity index (χ0v) is 13.4. The van der Waals surface area contributed by atoms with Gasteiger partial charge in [-0.25, -0.2) is 4.98 Å². The Morgan fingerprint density at radius 3 is 2.68 bits per heavy atom. The lowest BCUT2D eigenvalue weighted by molar-refractivity contribution is 0.145. The van der Waals surface area contributed by atoms with E-state index in [0.717, 1.165) is 29.8 Å². The third-order valence-corrected chi connectivity index (χ3v) is 4.65. The summed E-state index contributed by atoms with van der Waals surface area (Å²) in [6.07, 6.45) is 8.15. The van der Waals surface area contributed by atoms with Crippen LogP contribution in [0.3, 0.4) is 0 Å². The van der Waals surface area contributed by atoms with Gasteiger partial charge >= 0.3 is 0 Å². The fraction of sp³-hybridized carbons (Fsp3) is 0.714. The second-order valence-electron chi connectivity index (χ2n) is 5.38. The SMILES string of the molecule is CCCNc1ncc(Br)c(NCC2(CC)CCC2)n1. The van der Waals surface area contributed by atoms with E-state index in [1.165, 1.54) is 25.7 Å². The van der Waals surface area contributed by atoms with Crippen molar-refractivity contribution in [1.29, 1.82) is 0 Å². The number of rotatable bonds is 7. The molecule has 1 aliphatic carbocycles. The van der Waals surface area contributed by atoms with Crippen LogP contribution in [-0.2, 0) is 0 Å². The first-order chi connectivity index (χ1) is 9.19. The minimum absolute atomic E-state index is 0.488. The van der Waals surface area contributed by atoms with Gasteiger partial charge in [-0.05, 0) is 47.0 Å². The summed E-state index contributed by atoms with van der Waals surface area (Å²) in [6.45, 7) is 6.32. The van der Waals surface area contributed by atoms with Crippen LogP contribution in [0.1, 0.15) is 46.0 Å². The number of nitrogens with one attached hydrogen (secondary N) is 2. The van der Waals surface area contributed by atoms with Gasteiger partial charge < -0.3 is 10.6 Å². The Morgan fingerprint density at radius 1 is 1.32 bits per heavy atom. The Morgan fingerprint density at radius 2 is 2.11 bits per heavy atom. The molecular formula is C14H23BrN4. The summed E-state index contributed by atoms with van der Waals surface area (Å²) in [6, 6.07) is 0. The molecule has 5 heteroatoms. The number of hydrogen-bond acceptors (Lipinski definition) is 4. The van der Waals surface area contributed by atoms with Crippen LogP contribution < -0.4 is 10.6 Å². The molecule has 2 rings (SSSR count). The van der Waals surface area contributed by atoms with Gasteiger partial charge in [0.15, 0.2) is 0 Å². The van der Waals surface area contributed by atoms with Crippen molar-refractivity contribution >= 4 is 27.7 Å². The molecule has 19 heavy (non-hydrogen) atoms. The Hall–Kier alpha value is -0.840. The minimum atomic E-state index is 0.488. The number of hydrogen-bond donors (Lipinski definition) is 2. The molecule has 0 radical (unpaired) electrons. The molecule has 0 saturated heterocycles. The van der Waals surface area contributed by atoms with Gasteiger partial charge in [-0.15, -0.1) is 0 Å². The first kappa shape index (κ1) is 14.6. The van der Waals surface area contributed by atoms with Gasteiger partial charge in [0.05, 0.1) is 4.47 Å². The van der Waals surface area contributed by atoms with Gasteiger partial charge in [0.1, 0.15) is 5.82 Å². The molecule has 0 aromatic carbocycles. The van der Waals surface area contributed by atoms with Gasteiger partial charge in [-0.3, -0.25) is 0 Å². The van der Waals surface area contributed by atoms with Crippen LogP contribution in [0, 0.1) is 5.41 Å². The van der Waals surface area contributed by atoms with E-state index in [1.54, 1.807) is 0 Å². The quantitative estimate of drug-likeness (QED) is 0.793. The summed E-state index contributed by atoms with van der Waals surface area (Å²) in [5.41, 5.74) is 0.488. The molecule has 0 atom stereocenters. The Bertz CT molecular complexity index is 412. The Balaban J connectivity index is 1.98. The van der Waals surface area contributed by atoms with Gasteiger partial charge in [-0.2, -0.15) is 4.98 Å². The highest BCUT2D eigenvalue weighted by molar-refractivity contribution is 9.10. The van der Waals surface area contributed by atoms with Crippen LogP contribution in [0.25, 0.3) is 0 Å². The molecule has 1 heterocycles. The van der Waals surface area contributed by atoms with Crippen LogP contribution in [0.4, 0.5) is 11.8 Å². The lowest BCUT2D eigenvalue weighted by atomic mass is 9.67. The number of anilines is 2. The van der Waals surface area contributed by atoms with Crippen molar-refractivity contribution in [2.75, 3.05) is 23.7 Å². The van der Waals surface area contributed by atoms with Gasteiger partial charge in [-0.1, -0.05) is 20.3 Å². The summed E-state index contributed by atoms with van der Waals surface area (Å²) in [7, 11) is 0. The smallest absolute Gasteiger partial charge is 0.224 e. The summed E-state index contributed by atoms with van der Waals surface area (Å²) >= 11 is 3.51. The van der Waals surface area contributed by atoms with Crippen molar-refractivity contribution in [3.63, 3.8) is 0 Å². The molecule has 1 saturated carbocycles. The molecule has 1 aliphatic rings. The molecule has 4 nitrogen and oxygen atoms in total. The van der Waals surface area contributed by atoms with E-state index in [2.05, 4.69) is 50.4 Å². The van der Waals surface area contributed by atoms with E-state index < -0.39 is 0 Å². The van der Waals surface area contributed by atoms with Gasteiger partial charge in [0, 0.05) is 19.3 Å². The van der Waals surface area contributed by atoms with Crippen molar-refractivity contribution in [3.05, 3.63) is 10.7 Å². The fourth-order valence-corrected chi connectivity index (χ4v) is 2.75. The van der Waals surface area contributed by atoms with Crippen molar-refractivity contribution in [2.45, 2.75) is 46.0 Å². The maximum atomic E-state index is 4.53. The van der Waals surface area contributed by atoms with E-state index in [-0.39, 0.29) is 0 Å². The van der Waals surface area contributed by atoms with Crippen molar-refractivity contribution in [2.24, 2.45) is 5.41 Å². The molecule has 0 aliphatic heterocycles. The molecule has 0 spiro atoms. The molecule has 1 aromatic rings. The van der Waals surface area contributed by atoms with E-state index in [4.69, 9.17) is 0 Å². The van der Waals surface area contributed by atoms with Crippen molar-refractivity contribution in [1.82, 2.24) is 9.97 Å². The van der Waals surface area contributed by atoms with E-state index >= 15 is 0 Å². The molecule has 0 amide bonds. The third kappa shape index (κ3) is 3.59. The van der Waals surface area contributed by atoms with Crippen LogP contribution in [0.2, 0.25) is 0 Å². The summed E-state index contributed by atoms with van der Waals surface area (Å²) in [5.74, 6) is 1.60. The lowest BCUT2D eigenvalue weighted by Crippen LogP contribution is -2.36. The molecule has 1 fully saturated rings. The highest BCUT2D eigenvalue weighted by Crippen LogP contribution is 2.43. The molecule has 0 unspecified atom stereocenters. The maximum absolute atomic E-state index is 4.53. The topological polar surface area (TPSA) is 49.8 Å². The van der Waals surface area contributed by atoms with E-state index in [9.17, 15) is 0 Å². The minimum Gasteiger partial charge on any atom is -0.368 e. The van der Waals surface area contributed by atoms with Crippen molar-refractivity contribution in [3.8, 4) is 0 Å². The Labute approximate surface area is 123 Å². The predicted octanol–water partition coefficient (Wildman–Crippen LogP) is 4.05. The number of aromatic nitrogens is 2. The number of halogens is 1. The van der Waals surface area contributed by atoms with Crippen LogP contribution >= 0.6 is 15.9 Å². The summed E-state index contributed by atoms with van der Waals surface area (Å²) in [4.78, 5) is 8.79. The average Bonchev–Trinajstić information content (AvgIpc) is 2.38. The fourth-order valence-electron chi connectivity index (χ4n) is 2.42. The first-order valence-electron chi connectivity index (χ1n) is 7.19. The summed E-state index contributed by atoms with van der Waals surface area (Å²) < 4.78 is 0.931. The Kier molecular flexibility index (Phi) is 5.02. The second-order valence-corrected chi connectivity index (χ2v) is 6.23. The zero-order chi connectivity index (χ0) is 13.7. The molecule has 106 valence electrons. The standard InChI is InChI=1S/C14H23BrN4/c1-3-8-16-13-17-9-11(15)12(19-13)18-10-14(4-2)6-5-7-14/h9H,3-8,10H2,1-2H3,(H2,16,17,18,19). The largest absolute Gasteiger partial charge is 0.368 e. The monoisotopic (exact) mass is 326 g/mol. The molecule has 2 N–H and O–H groups in total. The second kappa shape index (κ2) is 6.55. The van der Waals surface area contributed by atoms with Crippen LogP contribution in [0.5, 0.6) is 0 Å². The van der Waals surface area contributed by atoms with Crippen LogP contribution in [-0.4, -0.2) is 23.1 Å². The van der Waals surface area contributed by atoms with Gasteiger partial charge in [0.2, 0.25) is 5.95 Å². The summed E-state index contributed by atoms with van der Waals surface area (Å²) in [5, 5.41) is 6.70.